The molecular weight excluding hydrogens is 272 g/mol. The van der Waals surface area contributed by atoms with E-state index in [2.05, 4.69) is 5.43 Å². The van der Waals surface area contributed by atoms with Gasteiger partial charge in [-0.25, -0.2) is 0 Å². The molecule has 1 aliphatic rings. The summed E-state index contributed by atoms with van der Waals surface area (Å²) >= 11 is 6.05. The molecule has 7 heteroatoms. The van der Waals surface area contributed by atoms with Gasteiger partial charge in [0.1, 0.15) is 11.4 Å². The van der Waals surface area contributed by atoms with Crippen LogP contribution in [0.15, 0.2) is 35.9 Å². The summed E-state index contributed by atoms with van der Waals surface area (Å²) in [4.78, 5) is 16.2. The summed E-state index contributed by atoms with van der Waals surface area (Å²) in [7, 11) is 0. The van der Waals surface area contributed by atoms with E-state index in [9.17, 15) is 4.79 Å². The molecule has 0 spiro atoms. The Balaban J connectivity index is 2.18. The minimum absolute atomic E-state index is 0.143. The van der Waals surface area contributed by atoms with Gasteiger partial charge < -0.3 is 14.7 Å². The zero-order valence-electron chi connectivity index (χ0n) is 10.2. The number of rotatable bonds is 5. The first kappa shape index (κ1) is 13.4. The van der Waals surface area contributed by atoms with Crippen LogP contribution in [0.25, 0.3) is 0 Å². The Bertz CT molecular complexity index is 518. The maximum absolute atomic E-state index is 10.8. The third-order valence-electron chi connectivity index (χ3n) is 2.33. The number of nitrogens with zero attached hydrogens (tertiary/aromatic N) is 1. The third kappa shape index (κ3) is 3.03. The topological polar surface area (TPSA) is 71.0 Å². The Morgan fingerprint density at radius 1 is 1.53 bits per heavy atom. The Hall–Kier alpha value is -2.08. The van der Waals surface area contributed by atoms with Crippen molar-refractivity contribution in [3.8, 4) is 0 Å². The molecule has 0 bridgehead atoms. The number of hydrogen-bond donors (Lipinski definition) is 2. The molecule has 1 aliphatic heterocycles. The Labute approximate surface area is 115 Å². The SMILES string of the molecule is CCOC1=C(CC(=O)O)NN(c2ccccc2Cl)O1. The maximum atomic E-state index is 10.8. The number of hydrazine groups is 1. The van der Waals surface area contributed by atoms with Gasteiger partial charge in [-0.15, -0.1) is 5.17 Å². The Kier molecular flexibility index (Phi) is 4.01. The molecule has 0 radical (unpaired) electrons. The number of carboxylic acids is 1. The van der Waals surface area contributed by atoms with E-state index < -0.39 is 5.97 Å². The molecule has 0 saturated heterocycles. The van der Waals surface area contributed by atoms with E-state index in [0.717, 1.165) is 0 Å². The van der Waals surface area contributed by atoms with Crippen LogP contribution >= 0.6 is 11.6 Å². The molecule has 6 nitrogen and oxygen atoms in total. The average molecular weight is 285 g/mol. The number of ether oxygens (including phenoxy) is 1. The largest absolute Gasteiger partial charge is 0.481 e. The van der Waals surface area contributed by atoms with Gasteiger partial charge in [0, 0.05) is 0 Å². The van der Waals surface area contributed by atoms with E-state index >= 15 is 0 Å². The van der Waals surface area contributed by atoms with Gasteiger partial charge in [-0.2, -0.15) is 0 Å². The van der Waals surface area contributed by atoms with E-state index in [0.29, 0.717) is 23.0 Å². The molecule has 0 amide bonds. The fourth-order valence-electron chi connectivity index (χ4n) is 1.56. The lowest BCUT2D eigenvalue weighted by atomic mass is 10.3. The summed E-state index contributed by atoms with van der Waals surface area (Å²) in [5.74, 6) is -0.839. The predicted octanol–water partition coefficient (Wildman–Crippen LogP) is 2.28. The van der Waals surface area contributed by atoms with Crippen molar-refractivity contribution in [2.24, 2.45) is 0 Å². The highest BCUT2D eigenvalue weighted by Gasteiger charge is 2.28. The molecule has 1 aromatic rings. The highest BCUT2D eigenvalue weighted by molar-refractivity contribution is 6.33. The number of carbonyl (C=O) groups is 1. The highest BCUT2D eigenvalue weighted by Crippen LogP contribution is 2.29. The van der Waals surface area contributed by atoms with Crippen LogP contribution in [0.4, 0.5) is 5.69 Å². The molecule has 0 unspecified atom stereocenters. The van der Waals surface area contributed by atoms with Crippen LogP contribution in [0.2, 0.25) is 5.02 Å². The monoisotopic (exact) mass is 284 g/mol. The van der Waals surface area contributed by atoms with E-state index in [4.69, 9.17) is 26.3 Å². The van der Waals surface area contributed by atoms with Crippen LogP contribution in [0, 0.1) is 0 Å². The van der Waals surface area contributed by atoms with Crippen molar-refractivity contribution in [3.63, 3.8) is 0 Å². The number of aliphatic carboxylic acids is 1. The first-order valence-corrected chi connectivity index (χ1v) is 6.06. The number of halogens is 1. The summed E-state index contributed by atoms with van der Waals surface area (Å²) in [6, 6.07) is 7.03. The predicted molar refractivity (Wildman–Crippen MR) is 69.1 cm³/mol. The van der Waals surface area contributed by atoms with Crippen molar-refractivity contribution in [3.05, 3.63) is 40.9 Å². The Morgan fingerprint density at radius 2 is 2.26 bits per heavy atom. The van der Waals surface area contributed by atoms with Gasteiger partial charge in [-0.1, -0.05) is 23.7 Å². The molecule has 102 valence electrons. The number of carboxylic acid groups (broad SMARTS) is 1. The van der Waals surface area contributed by atoms with E-state index in [1.807, 2.05) is 0 Å². The maximum Gasteiger partial charge on any atom is 0.331 e. The van der Waals surface area contributed by atoms with Gasteiger partial charge in [0.15, 0.2) is 0 Å². The third-order valence-corrected chi connectivity index (χ3v) is 2.65. The summed E-state index contributed by atoms with van der Waals surface area (Å²) in [5, 5.41) is 10.6. The van der Waals surface area contributed by atoms with Crippen LogP contribution in [-0.4, -0.2) is 17.7 Å². The Morgan fingerprint density at radius 3 is 2.89 bits per heavy atom. The van der Waals surface area contributed by atoms with E-state index in [-0.39, 0.29) is 12.4 Å². The standard InChI is InChI=1S/C12H13ClN2O4/c1-2-18-12-9(7-11(16)17)14-15(19-12)10-6-4-3-5-8(10)13/h3-6,14H,2,7H2,1H3,(H,16,17). The minimum atomic E-state index is -0.982. The van der Waals surface area contributed by atoms with Gasteiger partial charge >= 0.3 is 11.9 Å². The number of anilines is 1. The quantitative estimate of drug-likeness (QED) is 0.864. The molecule has 0 atom stereocenters. The zero-order chi connectivity index (χ0) is 13.8. The molecule has 2 N–H and O–H groups in total. The first-order valence-electron chi connectivity index (χ1n) is 5.68. The highest BCUT2D eigenvalue weighted by atomic mass is 35.5. The van der Waals surface area contributed by atoms with Crippen molar-refractivity contribution in [2.45, 2.75) is 13.3 Å². The fourth-order valence-corrected chi connectivity index (χ4v) is 1.77. The van der Waals surface area contributed by atoms with Gasteiger partial charge in [0.25, 0.3) is 0 Å². The fraction of sp³-hybridized carbons (Fsp3) is 0.250. The lowest BCUT2D eigenvalue weighted by molar-refractivity contribution is -0.136. The van der Waals surface area contributed by atoms with Crippen LogP contribution < -0.4 is 10.6 Å². The van der Waals surface area contributed by atoms with Crippen molar-refractivity contribution < 1.29 is 19.5 Å². The van der Waals surface area contributed by atoms with Crippen molar-refractivity contribution >= 4 is 23.3 Å². The van der Waals surface area contributed by atoms with E-state index in [1.165, 1.54) is 5.17 Å². The van der Waals surface area contributed by atoms with Crippen LogP contribution in [-0.2, 0) is 14.4 Å². The second-order valence-electron chi connectivity index (χ2n) is 3.72. The summed E-state index contributed by atoms with van der Waals surface area (Å²) in [5.41, 5.74) is 3.73. The van der Waals surface area contributed by atoms with Gasteiger partial charge in [-0.3, -0.25) is 10.2 Å². The van der Waals surface area contributed by atoms with Crippen molar-refractivity contribution in [2.75, 3.05) is 11.8 Å². The number of para-hydroxylation sites is 1. The smallest absolute Gasteiger partial charge is 0.331 e. The molecule has 0 aliphatic carbocycles. The summed E-state index contributed by atoms with van der Waals surface area (Å²) in [6.07, 6.45) is -0.226. The van der Waals surface area contributed by atoms with Gasteiger partial charge in [-0.05, 0) is 19.1 Å². The van der Waals surface area contributed by atoms with Crippen molar-refractivity contribution in [1.29, 1.82) is 0 Å². The lowest BCUT2D eigenvalue weighted by Gasteiger charge is -2.18. The molecular formula is C12H13ClN2O4. The molecule has 0 aromatic heterocycles. The molecule has 1 aromatic carbocycles. The normalized spacial score (nSPS) is 14.1. The van der Waals surface area contributed by atoms with Crippen LogP contribution in [0.3, 0.4) is 0 Å². The second-order valence-corrected chi connectivity index (χ2v) is 4.13. The van der Waals surface area contributed by atoms with E-state index in [1.54, 1.807) is 31.2 Å². The first-order chi connectivity index (χ1) is 9.11. The van der Waals surface area contributed by atoms with Crippen molar-refractivity contribution in [1.82, 2.24) is 5.43 Å². The lowest BCUT2D eigenvalue weighted by Crippen LogP contribution is -2.31. The molecule has 0 saturated carbocycles. The van der Waals surface area contributed by atoms with Gasteiger partial charge in [0.2, 0.25) is 0 Å². The number of hydrogen-bond acceptors (Lipinski definition) is 5. The zero-order valence-corrected chi connectivity index (χ0v) is 11.0. The van der Waals surface area contributed by atoms with Gasteiger partial charge in [0.05, 0.1) is 18.1 Å². The summed E-state index contributed by atoms with van der Waals surface area (Å²) < 4.78 is 5.25. The second kappa shape index (κ2) is 5.71. The molecule has 0 fully saturated rings. The molecule has 2 rings (SSSR count). The average Bonchev–Trinajstić information content (AvgIpc) is 2.72. The molecule has 19 heavy (non-hydrogen) atoms. The minimum Gasteiger partial charge on any atom is -0.481 e. The van der Waals surface area contributed by atoms with Crippen LogP contribution in [0.1, 0.15) is 13.3 Å². The molecule has 1 heterocycles. The number of benzene rings is 1. The number of nitrogens with one attached hydrogen (secondary N) is 1. The summed E-state index contributed by atoms with van der Waals surface area (Å²) in [6.45, 7) is 2.16. The van der Waals surface area contributed by atoms with Crippen LogP contribution in [0.5, 0.6) is 0 Å².